The van der Waals surface area contributed by atoms with Crippen molar-refractivity contribution in [1.82, 2.24) is 15.1 Å². The number of aromatic nitrogens is 2. The molecule has 2 rings (SSSR count). The van der Waals surface area contributed by atoms with E-state index in [0.29, 0.717) is 4.90 Å². The van der Waals surface area contributed by atoms with Crippen LogP contribution in [0.15, 0.2) is 39.8 Å². The van der Waals surface area contributed by atoms with Crippen molar-refractivity contribution in [1.29, 1.82) is 0 Å². The van der Waals surface area contributed by atoms with Crippen molar-refractivity contribution in [2.24, 2.45) is 7.05 Å². The van der Waals surface area contributed by atoms with Crippen LogP contribution in [0.5, 0.6) is 0 Å². The Bertz CT molecular complexity index is 705. The minimum Gasteiger partial charge on any atom is -0.308 e. The van der Waals surface area contributed by atoms with Crippen LogP contribution in [0.1, 0.15) is 17.3 Å². The second kappa shape index (κ2) is 5.67. The Labute approximate surface area is 127 Å². The zero-order valence-electron chi connectivity index (χ0n) is 11.5. The molecule has 0 aliphatic rings. The molecule has 1 aromatic heterocycles. The summed E-state index contributed by atoms with van der Waals surface area (Å²) >= 11 is 3.47. The summed E-state index contributed by atoms with van der Waals surface area (Å²) in [5, 5.41) is 7.39. The van der Waals surface area contributed by atoms with E-state index in [4.69, 9.17) is 0 Å². The van der Waals surface area contributed by atoms with Gasteiger partial charge in [-0.2, -0.15) is 5.10 Å². The molecule has 0 radical (unpaired) electrons. The number of hydrogen-bond donors (Lipinski definition) is 1. The molecule has 1 aromatic carbocycles. The van der Waals surface area contributed by atoms with E-state index in [9.17, 15) is 8.42 Å². The highest BCUT2D eigenvalue weighted by Crippen LogP contribution is 2.28. The Morgan fingerprint density at radius 2 is 2.10 bits per heavy atom. The van der Waals surface area contributed by atoms with Crippen molar-refractivity contribution in [3.05, 3.63) is 46.2 Å². The van der Waals surface area contributed by atoms with Gasteiger partial charge in [-0.3, -0.25) is 4.68 Å². The van der Waals surface area contributed by atoms with Gasteiger partial charge >= 0.3 is 0 Å². The molecule has 20 heavy (non-hydrogen) atoms. The van der Waals surface area contributed by atoms with E-state index >= 15 is 0 Å². The van der Waals surface area contributed by atoms with Crippen LogP contribution in [0.3, 0.4) is 0 Å². The van der Waals surface area contributed by atoms with E-state index in [-0.39, 0.29) is 6.04 Å². The fraction of sp³-hybridized carbons (Fsp3) is 0.308. The second-order valence-electron chi connectivity index (χ2n) is 4.57. The maximum atomic E-state index is 11.7. The molecule has 0 saturated heterocycles. The van der Waals surface area contributed by atoms with Crippen molar-refractivity contribution in [3.8, 4) is 0 Å². The van der Waals surface area contributed by atoms with Gasteiger partial charge in [0.1, 0.15) is 0 Å². The summed E-state index contributed by atoms with van der Waals surface area (Å²) in [6.45, 7) is 0. The second-order valence-corrected chi connectivity index (χ2v) is 7.44. The third-order valence-electron chi connectivity index (χ3n) is 3.12. The number of nitrogens with zero attached hydrogens (tertiary/aromatic N) is 2. The predicted molar refractivity (Wildman–Crippen MR) is 81.4 cm³/mol. The predicted octanol–water partition coefficient (Wildman–Crippen LogP) is 1.89. The maximum absolute atomic E-state index is 11.7. The van der Waals surface area contributed by atoms with E-state index in [2.05, 4.69) is 26.3 Å². The number of benzene rings is 1. The van der Waals surface area contributed by atoms with Crippen LogP contribution in [0.25, 0.3) is 0 Å². The van der Waals surface area contributed by atoms with Crippen LogP contribution in [-0.2, 0) is 16.9 Å². The SMILES string of the molecule is CNC(c1cccc(S(C)(=O)=O)c1)c1c(Br)cnn1C. The molecule has 0 fully saturated rings. The van der Waals surface area contributed by atoms with Crippen molar-refractivity contribution in [2.75, 3.05) is 13.3 Å². The molecule has 0 saturated carbocycles. The number of sulfone groups is 1. The number of rotatable bonds is 4. The first kappa shape index (κ1) is 15.2. The quantitative estimate of drug-likeness (QED) is 0.907. The Morgan fingerprint density at radius 3 is 2.60 bits per heavy atom. The van der Waals surface area contributed by atoms with Crippen molar-refractivity contribution in [3.63, 3.8) is 0 Å². The lowest BCUT2D eigenvalue weighted by Crippen LogP contribution is -2.21. The Balaban J connectivity index is 2.54. The van der Waals surface area contributed by atoms with E-state index in [1.54, 1.807) is 29.1 Å². The molecule has 2 aromatic rings. The Hall–Kier alpha value is -1.18. The van der Waals surface area contributed by atoms with Gasteiger partial charge in [0, 0.05) is 13.3 Å². The van der Waals surface area contributed by atoms with E-state index in [1.807, 2.05) is 20.2 Å². The topological polar surface area (TPSA) is 64.0 Å². The summed E-state index contributed by atoms with van der Waals surface area (Å²) in [4.78, 5) is 0.313. The largest absolute Gasteiger partial charge is 0.308 e. The molecular formula is C13H16BrN3O2S. The smallest absolute Gasteiger partial charge is 0.175 e. The first-order valence-corrected chi connectivity index (χ1v) is 8.67. The average Bonchev–Trinajstić information content (AvgIpc) is 2.71. The molecule has 5 nitrogen and oxygen atoms in total. The monoisotopic (exact) mass is 357 g/mol. The molecule has 0 aliphatic heterocycles. The summed E-state index contributed by atoms with van der Waals surface area (Å²) in [6.07, 6.45) is 2.93. The van der Waals surface area contributed by atoms with Crippen molar-refractivity contribution < 1.29 is 8.42 Å². The highest BCUT2D eigenvalue weighted by Gasteiger charge is 2.20. The fourth-order valence-corrected chi connectivity index (χ4v) is 3.38. The van der Waals surface area contributed by atoms with E-state index in [1.165, 1.54) is 6.26 Å². The van der Waals surface area contributed by atoms with E-state index < -0.39 is 9.84 Å². The molecule has 0 aliphatic carbocycles. The molecule has 1 atom stereocenters. The molecule has 7 heteroatoms. The average molecular weight is 358 g/mol. The molecular weight excluding hydrogens is 342 g/mol. The van der Waals surface area contributed by atoms with Gasteiger partial charge < -0.3 is 5.32 Å². The lowest BCUT2D eigenvalue weighted by molar-refractivity contribution is 0.596. The van der Waals surface area contributed by atoms with Gasteiger partial charge in [-0.25, -0.2) is 8.42 Å². The standard InChI is InChI=1S/C13H16BrN3O2S/c1-15-12(13-11(14)8-16-17(13)2)9-5-4-6-10(7-9)20(3,18)19/h4-8,12,15H,1-3H3. The zero-order chi connectivity index (χ0) is 14.9. The molecule has 1 N–H and O–H groups in total. The molecule has 0 bridgehead atoms. The normalized spacial score (nSPS) is 13.4. The number of nitrogens with one attached hydrogen (secondary N) is 1. The van der Waals surface area contributed by atoms with Gasteiger partial charge in [0.15, 0.2) is 9.84 Å². The minimum absolute atomic E-state index is 0.140. The van der Waals surface area contributed by atoms with Crippen LogP contribution in [-0.4, -0.2) is 31.5 Å². The van der Waals surface area contributed by atoms with Gasteiger partial charge in [0.25, 0.3) is 0 Å². The third kappa shape index (κ3) is 2.94. The lowest BCUT2D eigenvalue weighted by atomic mass is 10.0. The maximum Gasteiger partial charge on any atom is 0.175 e. The zero-order valence-corrected chi connectivity index (χ0v) is 13.9. The van der Waals surface area contributed by atoms with Crippen LogP contribution < -0.4 is 5.32 Å². The Kier molecular flexibility index (Phi) is 4.31. The number of halogens is 1. The highest BCUT2D eigenvalue weighted by molar-refractivity contribution is 9.10. The molecule has 0 spiro atoms. The first-order chi connectivity index (χ1) is 9.34. The summed E-state index contributed by atoms with van der Waals surface area (Å²) < 4.78 is 26.0. The first-order valence-electron chi connectivity index (χ1n) is 5.99. The lowest BCUT2D eigenvalue weighted by Gasteiger charge is -2.18. The molecule has 1 unspecified atom stereocenters. The summed E-state index contributed by atoms with van der Waals surface area (Å²) in [5.41, 5.74) is 1.82. The summed E-state index contributed by atoms with van der Waals surface area (Å²) in [6, 6.07) is 6.80. The molecule has 0 amide bonds. The number of hydrogen-bond acceptors (Lipinski definition) is 4. The van der Waals surface area contributed by atoms with E-state index in [0.717, 1.165) is 15.7 Å². The fourth-order valence-electron chi connectivity index (χ4n) is 2.13. The van der Waals surface area contributed by atoms with Crippen LogP contribution in [0.4, 0.5) is 0 Å². The summed E-state index contributed by atoms with van der Waals surface area (Å²) in [5.74, 6) is 0. The van der Waals surface area contributed by atoms with Crippen LogP contribution in [0, 0.1) is 0 Å². The summed E-state index contributed by atoms with van der Waals surface area (Å²) in [7, 11) is 0.465. The highest BCUT2D eigenvalue weighted by atomic mass is 79.9. The van der Waals surface area contributed by atoms with Crippen molar-refractivity contribution in [2.45, 2.75) is 10.9 Å². The van der Waals surface area contributed by atoms with Gasteiger partial charge in [-0.15, -0.1) is 0 Å². The Morgan fingerprint density at radius 1 is 1.40 bits per heavy atom. The third-order valence-corrected chi connectivity index (χ3v) is 4.84. The van der Waals surface area contributed by atoms with Gasteiger partial charge in [-0.1, -0.05) is 12.1 Å². The van der Waals surface area contributed by atoms with Crippen LogP contribution >= 0.6 is 15.9 Å². The van der Waals surface area contributed by atoms with Gasteiger partial charge in [0.2, 0.25) is 0 Å². The molecule has 108 valence electrons. The van der Waals surface area contributed by atoms with Crippen molar-refractivity contribution >= 4 is 25.8 Å². The number of aryl methyl sites for hydroxylation is 1. The van der Waals surface area contributed by atoms with Gasteiger partial charge in [-0.05, 0) is 40.7 Å². The molecule has 1 heterocycles. The van der Waals surface area contributed by atoms with Crippen LogP contribution in [0.2, 0.25) is 0 Å². The van der Waals surface area contributed by atoms with Gasteiger partial charge in [0.05, 0.1) is 27.3 Å². The minimum atomic E-state index is -3.22.